The Bertz CT molecular complexity index is 1440. The molecule has 0 amide bonds. The number of aryl methyl sites for hydroxylation is 1. The third kappa shape index (κ3) is 4.55. The molecule has 0 aliphatic rings. The summed E-state index contributed by atoms with van der Waals surface area (Å²) in [6.07, 6.45) is 2.52. The van der Waals surface area contributed by atoms with Crippen LogP contribution in [0.25, 0.3) is 21.9 Å². The van der Waals surface area contributed by atoms with Crippen LogP contribution in [-0.4, -0.2) is 0 Å². The van der Waals surface area contributed by atoms with Crippen molar-refractivity contribution in [3.05, 3.63) is 119 Å². The first-order chi connectivity index (χ1) is 16.3. The van der Waals surface area contributed by atoms with Crippen LogP contribution in [0.2, 0.25) is 0 Å². The highest BCUT2D eigenvalue weighted by Crippen LogP contribution is 2.30. The molecule has 0 spiro atoms. The van der Waals surface area contributed by atoms with Gasteiger partial charge in [-0.05, 0) is 71.8 Å². The van der Waals surface area contributed by atoms with Crippen molar-refractivity contribution in [2.24, 2.45) is 0 Å². The fraction of sp³-hybridized carbons (Fsp3) is 0.0714. The summed E-state index contributed by atoms with van der Waals surface area (Å²) in [6.45, 7) is 3.56. The quantitative estimate of drug-likeness (QED) is 0.163. The summed E-state index contributed by atoms with van der Waals surface area (Å²) in [5, 5.41) is 0.413. The van der Waals surface area contributed by atoms with Gasteiger partial charge in [-0.1, -0.05) is 30.0 Å². The van der Waals surface area contributed by atoms with Gasteiger partial charge < -0.3 is 0 Å². The molecule has 0 fully saturated rings. The molecule has 0 unspecified atom stereocenters. The standard InChI is InChI=1S/C28H16F6/c1-2-3-4-17-12-25(32)27(26(33)13-17)19-14-23(30)21(24(31)15-19)9-6-16-5-8-20-18(11-16)7-10-22(29)28(20)34/h2,5,7-8,10-15H,1,3-4H2. The van der Waals surface area contributed by atoms with Gasteiger partial charge in [-0.2, -0.15) is 0 Å². The van der Waals surface area contributed by atoms with Crippen molar-refractivity contribution in [3.63, 3.8) is 0 Å². The zero-order chi connectivity index (χ0) is 24.4. The van der Waals surface area contributed by atoms with Crippen LogP contribution in [0.1, 0.15) is 23.1 Å². The first-order valence-electron chi connectivity index (χ1n) is 10.3. The van der Waals surface area contributed by atoms with Crippen LogP contribution in [0.5, 0.6) is 0 Å². The Morgan fingerprint density at radius 1 is 0.706 bits per heavy atom. The lowest BCUT2D eigenvalue weighted by molar-refractivity contribution is 0.517. The maximum Gasteiger partial charge on any atom is 0.166 e. The van der Waals surface area contributed by atoms with E-state index < -0.39 is 46.0 Å². The molecule has 4 aromatic carbocycles. The first-order valence-corrected chi connectivity index (χ1v) is 10.3. The Labute approximate surface area is 192 Å². The number of rotatable bonds is 4. The average Bonchev–Trinajstić information content (AvgIpc) is 2.79. The SMILES string of the molecule is C=CCCc1cc(F)c(-c2cc(F)c(C#Cc3ccc4c(F)c(F)ccc4c3)c(F)c2)c(F)c1. The van der Waals surface area contributed by atoms with Gasteiger partial charge in [0.25, 0.3) is 0 Å². The lowest BCUT2D eigenvalue weighted by Crippen LogP contribution is -1.98. The van der Waals surface area contributed by atoms with E-state index in [2.05, 4.69) is 18.4 Å². The summed E-state index contributed by atoms with van der Waals surface area (Å²) in [7, 11) is 0. The van der Waals surface area contributed by atoms with Crippen molar-refractivity contribution >= 4 is 10.8 Å². The highest BCUT2D eigenvalue weighted by atomic mass is 19.2. The Hall–Kier alpha value is -3.98. The molecule has 0 saturated carbocycles. The summed E-state index contributed by atoms with van der Waals surface area (Å²) in [5.41, 5.74) is -0.705. The van der Waals surface area contributed by atoms with Gasteiger partial charge in [0.15, 0.2) is 11.6 Å². The van der Waals surface area contributed by atoms with Crippen molar-refractivity contribution in [1.82, 2.24) is 0 Å². The summed E-state index contributed by atoms with van der Waals surface area (Å²) in [6, 6.07) is 10.4. The molecule has 6 heteroatoms. The summed E-state index contributed by atoms with van der Waals surface area (Å²) >= 11 is 0. The van der Waals surface area contributed by atoms with Crippen molar-refractivity contribution in [2.75, 3.05) is 0 Å². The van der Waals surface area contributed by atoms with Crippen LogP contribution in [0.3, 0.4) is 0 Å². The highest BCUT2D eigenvalue weighted by Gasteiger charge is 2.18. The van der Waals surface area contributed by atoms with Gasteiger partial charge in [0.2, 0.25) is 0 Å². The molecule has 170 valence electrons. The van der Waals surface area contributed by atoms with Crippen LogP contribution < -0.4 is 0 Å². The van der Waals surface area contributed by atoms with Gasteiger partial charge in [-0.25, -0.2) is 26.3 Å². The lowest BCUT2D eigenvalue weighted by atomic mass is 9.98. The third-order valence-electron chi connectivity index (χ3n) is 5.31. The number of fused-ring (bicyclic) bond motifs is 1. The molecule has 34 heavy (non-hydrogen) atoms. The zero-order valence-electron chi connectivity index (χ0n) is 17.7. The predicted molar refractivity (Wildman–Crippen MR) is 120 cm³/mol. The minimum atomic E-state index is -1.09. The van der Waals surface area contributed by atoms with Gasteiger partial charge in [0, 0.05) is 10.9 Å². The molecule has 0 aliphatic carbocycles. The van der Waals surface area contributed by atoms with E-state index in [1.807, 2.05) is 0 Å². The molecule has 0 nitrogen and oxygen atoms in total. The summed E-state index contributed by atoms with van der Waals surface area (Å²) in [4.78, 5) is 0. The molecule has 0 N–H and O–H groups in total. The number of halogens is 6. The van der Waals surface area contributed by atoms with E-state index in [-0.39, 0.29) is 10.9 Å². The van der Waals surface area contributed by atoms with Crippen LogP contribution in [0, 0.1) is 46.7 Å². The van der Waals surface area contributed by atoms with Gasteiger partial charge >= 0.3 is 0 Å². The maximum atomic E-state index is 14.7. The molecule has 0 saturated heterocycles. The molecule has 0 atom stereocenters. The van der Waals surface area contributed by atoms with Gasteiger partial charge in [-0.3, -0.25) is 0 Å². The fourth-order valence-electron chi connectivity index (χ4n) is 3.63. The topological polar surface area (TPSA) is 0 Å². The second kappa shape index (κ2) is 9.48. The predicted octanol–water partition coefficient (Wildman–Crippen LogP) is 7.86. The molecule has 4 aromatic rings. The number of hydrogen-bond donors (Lipinski definition) is 0. The molecule has 0 heterocycles. The Morgan fingerprint density at radius 2 is 1.38 bits per heavy atom. The second-order valence-electron chi connectivity index (χ2n) is 7.62. The van der Waals surface area contributed by atoms with Crippen molar-refractivity contribution in [1.29, 1.82) is 0 Å². The number of allylic oxidation sites excluding steroid dienone is 1. The number of benzene rings is 4. The summed E-state index contributed by atoms with van der Waals surface area (Å²) < 4.78 is 85.6. The van der Waals surface area contributed by atoms with E-state index in [4.69, 9.17) is 0 Å². The molecular formula is C28H16F6. The molecule has 4 rings (SSSR count). The number of hydrogen-bond acceptors (Lipinski definition) is 0. The van der Waals surface area contributed by atoms with Crippen LogP contribution in [0.4, 0.5) is 26.3 Å². The minimum absolute atomic E-state index is 0.0480. The second-order valence-corrected chi connectivity index (χ2v) is 7.62. The van der Waals surface area contributed by atoms with E-state index in [0.29, 0.717) is 29.4 Å². The largest absolute Gasteiger partial charge is 0.206 e. The normalized spacial score (nSPS) is 10.8. The van der Waals surface area contributed by atoms with E-state index >= 15 is 0 Å². The zero-order valence-corrected chi connectivity index (χ0v) is 17.7. The van der Waals surface area contributed by atoms with E-state index in [1.165, 1.54) is 24.3 Å². The first kappa shape index (κ1) is 23.2. The Morgan fingerprint density at radius 3 is 2.03 bits per heavy atom. The molecular weight excluding hydrogens is 450 g/mol. The highest BCUT2D eigenvalue weighted by molar-refractivity contribution is 5.84. The smallest absolute Gasteiger partial charge is 0.166 e. The van der Waals surface area contributed by atoms with E-state index in [1.54, 1.807) is 6.08 Å². The van der Waals surface area contributed by atoms with Crippen LogP contribution in [0.15, 0.2) is 67.3 Å². The maximum absolute atomic E-state index is 14.7. The van der Waals surface area contributed by atoms with Crippen molar-refractivity contribution in [2.45, 2.75) is 12.8 Å². The van der Waals surface area contributed by atoms with E-state index in [9.17, 15) is 26.3 Å². The van der Waals surface area contributed by atoms with Gasteiger partial charge in [0.05, 0.1) is 11.1 Å². The summed E-state index contributed by atoms with van der Waals surface area (Å²) in [5.74, 6) is -1.10. The van der Waals surface area contributed by atoms with Crippen LogP contribution >= 0.6 is 0 Å². The molecule has 0 aliphatic heterocycles. The van der Waals surface area contributed by atoms with Gasteiger partial charge in [-0.15, -0.1) is 6.58 Å². The average molecular weight is 466 g/mol. The van der Waals surface area contributed by atoms with Crippen LogP contribution in [-0.2, 0) is 6.42 Å². The Kier molecular flexibility index (Phi) is 6.47. The molecule has 0 bridgehead atoms. The van der Waals surface area contributed by atoms with E-state index in [0.717, 1.165) is 30.3 Å². The van der Waals surface area contributed by atoms with Crippen molar-refractivity contribution < 1.29 is 26.3 Å². The van der Waals surface area contributed by atoms with Crippen molar-refractivity contribution in [3.8, 4) is 23.0 Å². The van der Waals surface area contributed by atoms with Gasteiger partial charge in [0.1, 0.15) is 23.3 Å². The molecule has 0 aromatic heterocycles. The minimum Gasteiger partial charge on any atom is -0.206 e. The Balaban J connectivity index is 1.69. The lowest BCUT2D eigenvalue weighted by Gasteiger charge is -2.09. The third-order valence-corrected chi connectivity index (χ3v) is 5.31. The monoisotopic (exact) mass is 466 g/mol. The fourth-order valence-corrected chi connectivity index (χ4v) is 3.63. The molecule has 0 radical (unpaired) electrons.